The second kappa shape index (κ2) is 8.56. The summed E-state index contributed by atoms with van der Waals surface area (Å²) in [7, 11) is 0. The SMILES string of the molecule is C=CCC(CC=C)C(=O)NC(CCC)C(=O)O. The second-order valence-electron chi connectivity index (χ2n) is 3.93. The summed E-state index contributed by atoms with van der Waals surface area (Å²) in [4.78, 5) is 22.8. The maximum absolute atomic E-state index is 11.8. The fourth-order valence-electron chi connectivity index (χ4n) is 1.55. The van der Waals surface area contributed by atoms with Gasteiger partial charge >= 0.3 is 5.97 Å². The fourth-order valence-corrected chi connectivity index (χ4v) is 1.55. The van der Waals surface area contributed by atoms with Crippen LogP contribution in [0.4, 0.5) is 0 Å². The molecule has 0 fully saturated rings. The lowest BCUT2D eigenvalue weighted by atomic mass is 9.99. The van der Waals surface area contributed by atoms with Crippen molar-refractivity contribution in [1.29, 1.82) is 0 Å². The van der Waals surface area contributed by atoms with Crippen LogP contribution in [0.3, 0.4) is 0 Å². The minimum atomic E-state index is -0.990. The first-order valence-electron chi connectivity index (χ1n) is 5.81. The van der Waals surface area contributed by atoms with E-state index in [2.05, 4.69) is 18.5 Å². The van der Waals surface area contributed by atoms with Crippen molar-refractivity contribution in [3.05, 3.63) is 25.3 Å². The zero-order chi connectivity index (χ0) is 13.3. The number of amides is 1. The van der Waals surface area contributed by atoms with Crippen molar-refractivity contribution >= 4 is 11.9 Å². The number of carboxylic acids is 1. The summed E-state index contributed by atoms with van der Waals surface area (Å²) in [6.07, 6.45) is 5.51. The molecule has 2 N–H and O–H groups in total. The monoisotopic (exact) mass is 239 g/mol. The van der Waals surface area contributed by atoms with E-state index in [1.54, 1.807) is 12.2 Å². The van der Waals surface area contributed by atoms with Crippen molar-refractivity contribution in [2.45, 2.75) is 38.6 Å². The van der Waals surface area contributed by atoms with Crippen LogP contribution < -0.4 is 5.32 Å². The summed E-state index contributed by atoms with van der Waals surface area (Å²) in [5, 5.41) is 11.5. The molecule has 17 heavy (non-hydrogen) atoms. The van der Waals surface area contributed by atoms with Gasteiger partial charge in [-0.3, -0.25) is 4.79 Å². The predicted molar refractivity (Wildman–Crippen MR) is 67.6 cm³/mol. The van der Waals surface area contributed by atoms with E-state index in [0.717, 1.165) is 0 Å². The van der Waals surface area contributed by atoms with Gasteiger partial charge in [0, 0.05) is 5.92 Å². The Kier molecular flexibility index (Phi) is 7.76. The third kappa shape index (κ3) is 5.90. The van der Waals surface area contributed by atoms with Crippen LogP contribution in [0.2, 0.25) is 0 Å². The van der Waals surface area contributed by atoms with E-state index in [-0.39, 0.29) is 11.8 Å². The first kappa shape index (κ1) is 15.4. The molecule has 1 unspecified atom stereocenters. The van der Waals surface area contributed by atoms with Gasteiger partial charge in [0.2, 0.25) is 5.91 Å². The Bertz CT molecular complexity index is 276. The molecule has 0 aromatic rings. The molecule has 0 aliphatic carbocycles. The predicted octanol–water partition coefficient (Wildman–Crippen LogP) is 2.12. The van der Waals surface area contributed by atoms with Gasteiger partial charge < -0.3 is 10.4 Å². The molecular formula is C13H21NO3. The number of carbonyl (C=O) groups is 2. The molecule has 0 saturated heterocycles. The van der Waals surface area contributed by atoms with Crippen molar-refractivity contribution in [1.82, 2.24) is 5.32 Å². The zero-order valence-corrected chi connectivity index (χ0v) is 10.3. The summed E-state index contributed by atoms with van der Waals surface area (Å²) >= 11 is 0. The van der Waals surface area contributed by atoms with Crippen LogP contribution in [-0.2, 0) is 9.59 Å². The minimum absolute atomic E-state index is 0.245. The highest BCUT2D eigenvalue weighted by Crippen LogP contribution is 2.11. The lowest BCUT2D eigenvalue weighted by molar-refractivity contribution is -0.142. The van der Waals surface area contributed by atoms with Crippen LogP contribution in [0.1, 0.15) is 32.6 Å². The van der Waals surface area contributed by atoms with Crippen LogP contribution in [0.5, 0.6) is 0 Å². The number of aliphatic carboxylic acids is 1. The molecule has 4 heteroatoms. The summed E-state index contributed by atoms with van der Waals surface area (Å²) in [5.74, 6) is -1.51. The first-order chi connectivity index (χ1) is 8.06. The fraction of sp³-hybridized carbons (Fsp3) is 0.538. The quantitative estimate of drug-likeness (QED) is 0.606. The lowest BCUT2D eigenvalue weighted by Gasteiger charge is -2.18. The van der Waals surface area contributed by atoms with E-state index in [4.69, 9.17) is 5.11 Å². The van der Waals surface area contributed by atoms with Gasteiger partial charge in [0.1, 0.15) is 6.04 Å². The van der Waals surface area contributed by atoms with Gasteiger partial charge in [-0.05, 0) is 19.3 Å². The van der Waals surface area contributed by atoms with Crippen molar-refractivity contribution in [2.75, 3.05) is 0 Å². The van der Waals surface area contributed by atoms with Crippen molar-refractivity contribution in [3.8, 4) is 0 Å². The zero-order valence-electron chi connectivity index (χ0n) is 10.3. The molecular weight excluding hydrogens is 218 g/mol. The molecule has 1 atom stereocenters. The smallest absolute Gasteiger partial charge is 0.326 e. The van der Waals surface area contributed by atoms with Gasteiger partial charge in [0.25, 0.3) is 0 Å². The summed E-state index contributed by atoms with van der Waals surface area (Å²) < 4.78 is 0. The second-order valence-corrected chi connectivity index (χ2v) is 3.93. The van der Waals surface area contributed by atoms with Crippen molar-refractivity contribution < 1.29 is 14.7 Å². The number of hydrogen-bond donors (Lipinski definition) is 2. The number of rotatable bonds is 9. The molecule has 96 valence electrons. The van der Waals surface area contributed by atoms with Gasteiger partial charge in [-0.15, -0.1) is 13.2 Å². The van der Waals surface area contributed by atoms with Gasteiger partial charge in [0.15, 0.2) is 0 Å². The van der Waals surface area contributed by atoms with Crippen molar-refractivity contribution in [3.63, 3.8) is 0 Å². The normalized spacial score (nSPS) is 11.9. The van der Waals surface area contributed by atoms with E-state index < -0.39 is 12.0 Å². The van der Waals surface area contributed by atoms with Crippen LogP contribution in [0, 0.1) is 5.92 Å². The van der Waals surface area contributed by atoms with Gasteiger partial charge in [-0.25, -0.2) is 4.79 Å². The van der Waals surface area contributed by atoms with Crippen LogP contribution in [-0.4, -0.2) is 23.0 Å². The highest BCUT2D eigenvalue weighted by molar-refractivity contribution is 5.85. The summed E-state index contributed by atoms with van der Waals surface area (Å²) in [6, 6.07) is -0.801. The molecule has 4 nitrogen and oxygen atoms in total. The molecule has 0 aliphatic heterocycles. The molecule has 0 saturated carbocycles. The van der Waals surface area contributed by atoms with Crippen LogP contribution >= 0.6 is 0 Å². The Morgan fingerprint density at radius 2 is 1.82 bits per heavy atom. The van der Waals surface area contributed by atoms with E-state index in [1.807, 2.05) is 6.92 Å². The lowest BCUT2D eigenvalue weighted by Crippen LogP contribution is -2.43. The van der Waals surface area contributed by atoms with E-state index >= 15 is 0 Å². The highest BCUT2D eigenvalue weighted by atomic mass is 16.4. The summed E-state index contributed by atoms with van der Waals surface area (Å²) in [6.45, 7) is 9.05. The molecule has 0 aromatic carbocycles. The van der Waals surface area contributed by atoms with Gasteiger partial charge in [0.05, 0.1) is 0 Å². The molecule has 0 heterocycles. The Morgan fingerprint density at radius 3 is 2.18 bits per heavy atom. The molecule has 0 aromatic heterocycles. The van der Waals surface area contributed by atoms with Gasteiger partial charge in [-0.1, -0.05) is 25.5 Å². The third-order valence-corrected chi connectivity index (χ3v) is 2.47. The maximum atomic E-state index is 11.8. The van der Waals surface area contributed by atoms with E-state index in [0.29, 0.717) is 25.7 Å². The van der Waals surface area contributed by atoms with Crippen LogP contribution in [0.15, 0.2) is 25.3 Å². The van der Waals surface area contributed by atoms with E-state index in [1.165, 1.54) is 0 Å². The molecule has 0 radical (unpaired) electrons. The largest absolute Gasteiger partial charge is 0.480 e. The maximum Gasteiger partial charge on any atom is 0.326 e. The van der Waals surface area contributed by atoms with Crippen LogP contribution in [0.25, 0.3) is 0 Å². The molecule has 0 rings (SSSR count). The summed E-state index contributed by atoms with van der Waals surface area (Å²) in [5.41, 5.74) is 0. The number of carboxylic acid groups (broad SMARTS) is 1. The Hall–Kier alpha value is -1.58. The van der Waals surface area contributed by atoms with Crippen molar-refractivity contribution in [2.24, 2.45) is 5.92 Å². The molecule has 0 spiro atoms. The standard InChI is InChI=1S/C13H21NO3/c1-4-7-10(8-5-2)12(15)14-11(9-6-3)13(16)17/h4-5,10-11H,1-2,6-9H2,3H3,(H,14,15)(H,16,17). The number of hydrogen-bond acceptors (Lipinski definition) is 2. The number of nitrogens with one attached hydrogen (secondary N) is 1. The molecule has 0 aliphatic rings. The van der Waals surface area contributed by atoms with E-state index in [9.17, 15) is 9.59 Å². The average Bonchev–Trinajstić information content (AvgIpc) is 2.28. The Balaban J connectivity index is 4.48. The highest BCUT2D eigenvalue weighted by Gasteiger charge is 2.23. The minimum Gasteiger partial charge on any atom is -0.480 e. The average molecular weight is 239 g/mol. The number of allylic oxidation sites excluding steroid dienone is 2. The third-order valence-electron chi connectivity index (χ3n) is 2.47. The molecule has 1 amide bonds. The Labute approximate surface area is 102 Å². The Morgan fingerprint density at radius 1 is 1.29 bits per heavy atom. The topological polar surface area (TPSA) is 66.4 Å². The first-order valence-corrected chi connectivity index (χ1v) is 5.81. The molecule has 0 bridgehead atoms. The van der Waals surface area contributed by atoms with Gasteiger partial charge in [-0.2, -0.15) is 0 Å². The number of carbonyl (C=O) groups excluding carboxylic acids is 1.